The molecule has 2 aromatic heterocycles. The molecule has 0 radical (unpaired) electrons. The molecule has 2 aliphatic carbocycles. The van der Waals surface area contributed by atoms with Gasteiger partial charge >= 0.3 is 0 Å². The lowest BCUT2D eigenvalue weighted by atomic mass is 9.91. The first-order valence-corrected chi connectivity index (χ1v) is 7.68. The molecule has 2 aromatic rings. The SMILES string of the molecule is CC1CCCc2c1nc1sc3c(n21)CCCC3. The fourth-order valence-corrected chi connectivity index (χ4v) is 4.69. The van der Waals surface area contributed by atoms with E-state index in [4.69, 9.17) is 4.98 Å². The van der Waals surface area contributed by atoms with Crippen molar-refractivity contribution in [2.75, 3.05) is 0 Å². The second-order valence-corrected chi connectivity index (χ2v) is 6.60. The van der Waals surface area contributed by atoms with Crippen molar-refractivity contribution in [1.82, 2.24) is 9.38 Å². The van der Waals surface area contributed by atoms with Crippen LogP contribution in [0.4, 0.5) is 0 Å². The average Bonchev–Trinajstić information content (AvgIpc) is 2.85. The lowest BCUT2D eigenvalue weighted by molar-refractivity contribution is 0.566. The number of aromatic nitrogens is 2. The summed E-state index contributed by atoms with van der Waals surface area (Å²) in [6, 6.07) is 0. The van der Waals surface area contributed by atoms with Crippen molar-refractivity contribution >= 4 is 16.3 Å². The normalized spacial score (nSPS) is 23.7. The van der Waals surface area contributed by atoms with Gasteiger partial charge in [-0.15, -0.1) is 11.3 Å². The molecule has 0 fully saturated rings. The summed E-state index contributed by atoms with van der Waals surface area (Å²) in [5, 5.41) is 0. The maximum Gasteiger partial charge on any atom is 0.194 e. The van der Waals surface area contributed by atoms with Crippen LogP contribution in [-0.2, 0) is 19.3 Å². The van der Waals surface area contributed by atoms with Crippen LogP contribution in [0.2, 0.25) is 0 Å². The number of hydrogen-bond donors (Lipinski definition) is 0. The number of imidazole rings is 1. The van der Waals surface area contributed by atoms with Crippen molar-refractivity contribution in [3.8, 4) is 0 Å². The van der Waals surface area contributed by atoms with Crippen LogP contribution in [0.1, 0.15) is 60.5 Å². The maximum absolute atomic E-state index is 4.92. The second-order valence-electron chi connectivity index (χ2n) is 5.53. The van der Waals surface area contributed by atoms with Crippen molar-refractivity contribution in [1.29, 1.82) is 0 Å². The summed E-state index contributed by atoms with van der Waals surface area (Å²) >= 11 is 1.95. The first-order valence-electron chi connectivity index (χ1n) is 6.86. The van der Waals surface area contributed by atoms with Gasteiger partial charge in [0.15, 0.2) is 4.96 Å². The Labute approximate surface area is 106 Å². The van der Waals surface area contributed by atoms with Gasteiger partial charge in [0, 0.05) is 22.2 Å². The molecule has 4 rings (SSSR count). The van der Waals surface area contributed by atoms with E-state index < -0.39 is 0 Å². The molecule has 17 heavy (non-hydrogen) atoms. The molecule has 0 aromatic carbocycles. The highest BCUT2D eigenvalue weighted by atomic mass is 32.1. The van der Waals surface area contributed by atoms with Crippen LogP contribution in [0.25, 0.3) is 4.96 Å². The maximum atomic E-state index is 4.92. The molecule has 0 saturated heterocycles. The van der Waals surface area contributed by atoms with E-state index in [-0.39, 0.29) is 0 Å². The van der Waals surface area contributed by atoms with Crippen LogP contribution in [0.3, 0.4) is 0 Å². The smallest absolute Gasteiger partial charge is 0.194 e. The van der Waals surface area contributed by atoms with Crippen molar-refractivity contribution in [3.05, 3.63) is 22.0 Å². The van der Waals surface area contributed by atoms with Crippen molar-refractivity contribution in [3.63, 3.8) is 0 Å². The molecule has 0 N–H and O–H groups in total. The third-order valence-corrected chi connectivity index (χ3v) is 5.51. The monoisotopic (exact) mass is 246 g/mol. The standard InChI is InChI=1S/C14H18N2S/c1-9-5-4-7-11-13(9)15-14-16(11)10-6-2-3-8-12(10)17-14/h9H,2-8H2,1H3. The van der Waals surface area contributed by atoms with Gasteiger partial charge in [0.1, 0.15) is 0 Å². The number of thiazole rings is 1. The van der Waals surface area contributed by atoms with Gasteiger partial charge in [0.25, 0.3) is 0 Å². The van der Waals surface area contributed by atoms with E-state index in [0.29, 0.717) is 5.92 Å². The molecule has 2 aliphatic rings. The van der Waals surface area contributed by atoms with Crippen LogP contribution in [0.5, 0.6) is 0 Å². The number of fused-ring (bicyclic) bond motifs is 5. The first-order chi connectivity index (χ1) is 8.34. The predicted molar refractivity (Wildman–Crippen MR) is 71.1 cm³/mol. The Balaban J connectivity index is 2.00. The minimum atomic E-state index is 0.671. The van der Waals surface area contributed by atoms with E-state index in [1.807, 2.05) is 11.3 Å². The van der Waals surface area contributed by atoms with Crippen molar-refractivity contribution in [2.24, 2.45) is 0 Å². The Morgan fingerprint density at radius 2 is 1.94 bits per heavy atom. The van der Waals surface area contributed by atoms with E-state index in [1.165, 1.54) is 61.3 Å². The summed E-state index contributed by atoms with van der Waals surface area (Å²) in [5.74, 6) is 0.671. The van der Waals surface area contributed by atoms with Crippen LogP contribution in [-0.4, -0.2) is 9.38 Å². The molecule has 90 valence electrons. The van der Waals surface area contributed by atoms with Gasteiger partial charge in [0.05, 0.1) is 5.69 Å². The molecular weight excluding hydrogens is 228 g/mol. The van der Waals surface area contributed by atoms with Crippen molar-refractivity contribution in [2.45, 2.75) is 57.8 Å². The van der Waals surface area contributed by atoms with Gasteiger partial charge in [0.2, 0.25) is 0 Å². The van der Waals surface area contributed by atoms with Crippen molar-refractivity contribution < 1.29 is 0 Å². The molecule has 1 unspecified atom stereocenters. The fraction of sp³-hybridized carbons (Fsp3) is 0.643. The zero-order chi connectivity index (χ0) is 11.4. The van der Waals surface area contributed by atoms with Crippen LogP contribution >= 0.6 is 11.3 Å². The van der Waals surface area contributed by atoms with Crippen LogP contribution < -0.4 is 0 Å². The molecule has 0 amide bonds. The van der Waals surface area contributed by atoms with Crippen LogP contribution in [0, 0.1) is 0 Å². The number of rotatable bonds is 0. The third-order valence-electron chi connectivity index (χ3n) is 4.36. The Bertz CT molecular complexity index is 579. The molecule has 2 heterocycles. The highest BCUT2D eigenvalue weighted by Crippen LogP contribution is 2.37. The lowest BCUT2D eigenvalue weighted by Crippen LogP contribution is -2.10. The zero-order valence-electron chi connectivity index (χ0n) is 10.3. The molecular formula is C14H18N2S. The largest absolute Gasteiger partial charge is 0.291 e. The molecule has 1 atom stereocenters. The Morgan fingerprint density at radius 3 is 2.88 bits per heavy atom. The highest BCUT2D eigenvalue weighted by molar-refractivity contribution is 7.17. The summed E-state index contributed by atoms with van der Waals surface area (Å²) in [7, 11) is 0. The minimum absolute atomic E-state index is 0.671. The highest BCUT2D eigenvalue weighted by Gasteiger charge is 2.26. The van der Waals surface area contributed by atoms with Gasteiger partial charge in [-0.1, -0.05) is 6.92 Å². The quantitative estimate of drug-likeness (QED) is 0.692. The summed E-state index contributed by atoms with van der Waals surface area (Å²) in [5.41, 5.74) is 4.54. The first kappa shape index (κ1) is 10.1. The van der Waals surface area contributed by atoms with E-state index in [1.54, 1.807) is 10.6 Å². The Hall–Kier alpha value is -0.830. The zero-order valence-corrected chi connectivity index (χ0v) is 11.1. The lowest BCUT2D eigenvalue weighted by Gasteiger charge is -2.19. The van der Waals surface area contributed by atoms with E-state index in [0.717, 1.165) is 0 Å². The summed E-state index contributed by atoms with van der Waals surface area (Å²) in [6.45, 7) is 2.33. The van der Waals surface area contributed by atoms with Gasteiger partial charge in [-0.2, -0.15) is 0 Å². The van der Waals surface area contributed by atoms with Gasteiger partial charge in [-0.05, 0) is 44.9 Å². The summed E-state index contributed by atoms with van der Waals surface area (Å²) in [4.78, 5) is 7.81. The topological polar surface area (TPSA) is 17.3 Å². The number of aryl methyl sites for hydroxylation is 3. The van der Waals surface area contributed by atoms with E-state index in [2.05, 4.69) is 11.3 Å². The second kappa shape index (κ2) is 3.58. The molecule has 0 aliphatic heterocycles. The molecule has 3 heteroatoms. The Kier molecular flexibility index (Phi) is 2.13. The van der Waals surface area contributed by atoms with Gasteiger partial charge < -0.3 is 0 Å². The fourth-order valence-electron chi connectivity index (χ4n) is 3.46. The third kappa shape index (κ3) is 1.35. The minimum Gasteiger partial charge on any atom is -0.291 e. The number of hydrogen-bond acceptors (Lipinski definition) is 2. The van der Waals surface area contributed by atoms with E-state index >= 15 is 0 Å². The van der Waals surface area contributed by atoms with Crippen LogP contribution in [0.15, 0.2) is 0 Å². The molecule has 0 spiro atoms. The molecule has 0 bridgehead atoms. The van der Waals surface area contributed by atoms with Gasteiger partial charge in [-0.3, -0.25) is 4.40 Å². The predicted octanol–water partition coefficient (Wildman–Crippen LogP) is 3.71. The summed E-state index contributed by atoms with van der Waals surface area (Å²) < 4.78 is 2.52. The average molecular weight is 246 g/mol. The molecule has 0 saturated carbocycles. The molecule has 2 nitrogen and oxygen atoms in total. The van der Waals surface area contributed by atoms with E-state index in [9.17, 15) is 0 Å². The number of nitrogens with zero attached hydrogens (tertiary/aromatic N) is 2. The Morgan fingerprint density at radius 1 is 1.12 bits per heavy atom. The van der Waals surface area contributed by atoms with Gasteiger partial charge in [-0.25, -0.2) is 4.98 Å². The summed E-state index contributed by atoms with van der Waals surface area (Å²) in [6.07, 6.45) is 9.19.